The lowest BCUT2D eigenvalue weighted by Crippen LogP contribution is -2.26. The first-order valence-electron chi connectivity index (χ1n) is 2.98. The monoisotopic (exact) mass is 137 g/mol. The van der Waals surface area contributed by atoms with Gasteiger partial charge in [-0.2, -0.15) is 0 Å². The number of hydrogen-bond donors (Lipinski definition) is 0. The Morgan fingerprint density at radius 1 is 1.33 bits per heavy atom. The van der Waals surface area contributed by atoms with Crippen molar-refractivity contribution < 1.29 is 8.78 Å². The molecule has 0 aromatic rings. The summed E-state index contributed by atoms with van der Waals surface area (Å²) in [5.74, 6) is 0. The van der Waals surface area contributed by atoms with Crippen LogP contribution in [0.5, 0.6) is 0 Å². The number of hydrogen-bond acceptors (Lipinski definition) is 1. The van der Waals surface area contributed by atoms with Crippen LogP contribution in [0.25, 0.3) is 0 Å². The van der Waals surface area contributed by atoms with Crippen LogP contribution in [0.3, 0.4) is 0 Å². The SMILES string of the molecule is CC(CC(F)F)N(C)C. The summed E-state index contributed by atoms with van der Waals surface area (Å²) in [5, 5.41) is 0. The molecule has 0 rings (SSSR count). The zero-order valence-corrected chi connectivity index (χ0v) is 6.06. The third-order valence-electron chi connectivity index (χ3n) is 1.40. The summed E-state index contributed by atoms with van der Waals surface area (Å²) in [6.45, 7) is 1.78. The van der Waals surface area contributed by atoms with Crippen LogP contribution in [0, 0.1) is 0 Å². The third kappa shape index (κ3) is 4.33. The van der Waals surface area contributed by atoms with E-state index in [0.717, 1.165) is 0 Å². The van der Waals surface area contributed by atoms with E-state index in [1.165, 1.54) is 0 Å². The molecule has 3 heteroatoms. The van der Waals surface area contributed by atoms with Crippen LogP contribution >= 0.6 is 0 Å². The average molecular weight is 137 g/mol. The highest BCUT2D eigenvalue weighted by Crippen LogP contribution is 2.06. The zero-order chi connectivity index (χ0) is 7.44. The predicted octanol–water partition coefficient (Wildman–Crippen LogP) is 1.59. The first-order valence-corrected chi connectivity index (χ1v) is 2.98. The molecule has 0 amide bonds. The van der Waals surface area contributed by atoms with Gasteiger partial charge >= 0.3 is 0 Å². The average Bonchev–Trinajstić information content (AvgIpc) is 1.63. The Hall–Kier alpha value is -0.180. The molecule has 0 saturated heterocycles. The molecule has 0 heterocycles. The fourth-order valence-electron chi connectivity index (χ4n) is 0.469. The van der Waals surface area contributed by atoms with Gasteiger partial charge in [0.15, 0.2) is 0 Å². The van der Waals surface area contributed by atoms with E-state index in [-0.39, 0.29) is 12.5 Å². The molecule has 0 saturated carbocycles. The van der Waals surface area contributed by atoms with E-state index in [0.29, 0.717) is 0 Å². The van der Waals surface area contributed by atoms with Crippen LogP contribution in [0.2, 0.25) is 0 Å². The van der Waals surface area contributed by atoms with Crippen molar-refractivity contribution in [3.8, 4) is 0 Å². The maximum Gasteiger partial charge on any atom is 0.240 e. The number of nitrogens with zero attached hydrogens (tertiary/aromatic N) is 1. The summed E-state index contributed by atoms with van der Waals surface area (Å²) in [4.78, 5) is 1.78. The molecule has 1 nitrogen and oxygen atoms in total. The van der Waals surface area contributed by atoms with Crippen LogP contribution in [0.15, 0.2) is 0 Å². The number of rotatable bonds is 3. The van der Waals surface area contributed by atoms with Gasteiger partial charge in [0.25, 0.3) is 0 Å². The van der Waals surface area contributed by atoms with Crippen LogP contribution < -0.4 is 0 Å². The fourth-order valence-corrected chi connectivity index (χ4v) is 0.469. The molecular weight excluding hydrogens is 124 g/mol. The van der Waals surface area contributed by atoms with Gasteiger partial charge in [-0.05, 0) is 21.0 Å². The smallest absolute Gasteiger partial charge is 0.240 e. The minimum absolute atomic E-state index is 0.0231. The maximum atomic E-state index is 11.6. The van der Waals surface area contributed by atoms with Crippen molar-refractivity contribution in [1.82, 2.24) is 4.90 Å². The fraction of sp³-hybridized carbons (Fsp3) is 1.00. The lowest BCUT2D eigenvalue weighted by Gasteiger charge is -2.18. The van der Waals surface area contributed by atoms with Gasteiger partial charge in [-0.25, -0.2) is 8.78 Å². The Morgan fingerprint density at radius 2 is 1.78 bits per heavy atom. The van der Waals surface area contributed by atoms with E-state index in [4.69, 9.17) is 0 Å². The van der Waals surface area contributed by atoms with Crippen LogP contribution in [-0.2, 0) is 0 Å². The first-order chi connectivity index (χ1) is 4.04. The van der Waals surface area contributed by atoms with Gasteiger partial charge in [0.1, 0.15) is 0 Å². The van der Waals surface area contributed by atoms with Crippen molar-refractivity contribution in [2.75, 3.05) is 14.1 Å². The lowest BCUT2D eigenvalue weighted by atomic mass is 10.2. The van der Waals surface area contributed by atoms with Crippen molar-refractivity contribution in [3.05, 3.63) is 0 Å². The van der Waals surface area contributed by atoms with E-state index in [2.05, 4.69) is 0 Å². The van der Waals surface area contributed by atoms with Crippen LogP contribution in [0.1, 0.15) is 13.3 Å². The Bertz CT molecular complexity index is 73.5. The molecule has 1 atom stereocenters. The molecule has 0 spiro atoms. The van der Waals surface area contributed by atoms with E-state index >= 15 is 0 Å². The summed E-state index contributed by atoms with van der Waals surface area (Å²) in [6, 6.07) is -0.0231. The van der Waals surface area contributed by atoms with Gasteiger partial charge in [-0.3, -0.25) is 0 Å². The minimum atomic E-state index is -2.18. The van der Waals surface area contributed by atoms with E-state index in [9.17, 15) is 8.78 Å². The molecule has 9 heavy (non-hydrogen) atoms. The van der Waals surface area contributed by atoms with Crippen molar-refractivity contribution in [3.63, 3.8) is 0 Å². The second-order valence-corrected chi connectivity index (χ2v) is 2.44. The van der Waals surface area contributed by atoms with Crippen LogP contribution in [0.4, 0.5) is 8.78 Å². The van der Waals surface area contributed by atoms with E-state index < -0.39 is 6.43 Å². The van der Waals surface area contributed by atoms with Gasteiger partial charge in [-0.15, -0.1) is 0 Å². The second kappa shape index (κ2) is 3.77. The molecule has 56 valence electrons. The molecular formula is C6H13F2N. The maximum absolute atomic E-state index is 11.6. The van der Waals surface area contributed by atoms with Gasteiger partial charge < -0.3 is 4.90 Å². The van der Waals surface area contributed by atoms with Gasteiger partial charge in [0.05, 0.1) is 0 Å². The summed E-state index contributed by atoms with van der Waals surface area (Å²) in [5.41, 5.74) is 0. The Morgan fingerprint density at radius 3 is 1.89 bits per heavy atom. The van der Waals surface area contributed by atoms with Crippen molar-refractivity contribution in [1.29, 1.82) is 0 Å². The topological polar surface area (TPSA) is 3.24 Å². The van der Waals surface area contributed by atoms with Gasteiger partial charge in [0, 0.05) is 12.5 Å². The molecule has 0 aliphatic heterocycles. The summed E-state index contributed by atoms with van der Waals surface area (Å²) in [7, 11) is 3.60. The molecule has 0 aromatic heterocycles. The van der Waals surface area contributed by atoms with Crippen molar-refractivity contribution in [2.24, 2.45) is 0 Å². The van der Waals surface area contributed by atoms with Crippen molar-refractivity contribution in [2.45, 2.75) is 25.8 Å². The zero-order valence-electron chi connectivity index (χ0n) is 6.06. The Labute approximate surface area is 54.7 Å². The number of alkyl halides is 2. The summed E-state index contributed by atoms with van der Waals surface area (Å²) in [6.07, 6.45) is -2.21. The largest absolute Gasteiger partial charge is 0.307 e. The molecule has 0 aliphatic carbocycles. The molecule has 1 unspecified atom stereocenters. The standard InChI is InChI=1S/C6H13F2N/c1-5(9(2)3)4-6(7)8/h5-6H,4H2,1-3H3. The molecule has 0 aliphatic rings. The molecule has 0 N–H and O–H groups in total. The molecule has 0 fully saturated rings. The molecule has 0 bridgehead atoms. The second-order valence-electron chi connectivity index (χ2n) is 2.44. The quantitative estimate of drug-likeness (QED) is 0.571. The van der Waals surface area contributed by atoms with Crippen molar-refractivity contribution >= 4 is 0 Å². The summed E-state index contributed by atoms with van der Waals surface area (Å²) < 4.78 is 23.2. The predicted molar refractivity (Wildman–Crippen MR) is 33.8 cm³/mol. The van der Waals surface area contributed by atoms with E-state index in [1.54, 1.807) is 25.9 Å². The highest BCUT2D eigenvalue weighted by molar-refractivity contribution is 4.59. The van der Waals surface area contributed by atoms with Crippen LogP contribution in [-0.4, -0.2) is 31.5 Å². The van der Waals surface area contributed by atoms with Gasteiger partial charge in [-0.1, -0.05) is 0 Å². The Balaban J connectivity index is 3.38. The van der Waals surface area contributed by atoms with E-state index in [1.807, 2.05) is 0 Å². The molecule has 0 radical (unpaired) electrons. The third-order valence-corrected chi connectivity index (χ3v) is 1.40. The van der Waals surface area contributed by atoms with Gasteiger partial charge in [0.2, 0.25) is 6.43 Å². The highest BCUT2D eigenvalue weighted by Gasteiger charge is 2.10. The lowest BCUT2D eigenvalue weighted by molar-refractivity contribution is 0.104. The molecule has 0 aromatic carbocycles. The summed E-state index contributed by atoms with van der Waals surface area (Å²) >= 11 is 0. The number of halogens is 2. The minimum Gasteiger partial charge on any atom is -0.307 e. The first kappa shape index (κ1) is 8.82. The highest BCUT2D eigenvalue weighted by atomic mass is 19.3. The Kier molecular flexibility index (Phi) is 3.70. The normalized spacial score (nSPS) is 15.0.